The number of carboxylic acid groups (broad SMARTS) is 1. The van der Waals surface area contributed by atoms with Crippen LogP contribution in [0.5, 0.6) is 0 Å². The van der Waals surface area contributed by atoms with Crippen LogP contribution in [0, 0.1) is 12.3 Å². The Hall–Kier alpha value is -3.44. The van der Waals surface area contributed by atoms with E-state index in [0.717, 1.165) is 71.1 Å². The average Bonchev–Trinajstić information content (AvgIpc) is 2.99. The van der Waals surface area contributed by atoms with Crippen LogP contribution in [0.25, 0.3) is 0 Å². The van der Waals surface area contributed by atoms with Crippen LogP contribution in [-0.4, -0.2) is 121 Å². The number of aryl methyl sites for hydroxylation is 1. The first-order chi connectivity index (χ1) is 23.1. The van der Waals surface area contributed by atoms with E-state index in [-0.39, 0.29) is 18.0 Å². The van der Waals surface area contributed by atoms with Crippen molar-refractivity contribution in [2.45, 2.75) is 70.0 Å². The van der Waals surface area contributed by atoms with Gasteiger partial charge in [0.25, 0.3) is 0 Å². The minimum Gasteiger partial charge on any atom is -0.475 e. The van der Waals surface area contributed by atoms with E-state index in [4.69, 9.17) is 19.6 Å². The largest absolute Gasteiger partial charge is 0.490 e. The third-order valence-electron chi connectivity index (χ3n) is 10.5. The van der Waals surface area contributed by atoms with Crippen LogP contribution in [0.4, 0.5) is 43.8 Å². The lowest BCUT2D eigenvalue weighted by Gasteiger charge is -2.56. The smallest absolute Gasteiger partial charge is 0.475 e. The monoisotopic (exact) mass is 700 g/mol. The number of aliphatic carboxylic acids is 1. The van der Waals surface area contributed by atoms with E-state index in [2.05, 4.69) is 51.9 Å². The molecule has 0 amide bonds. The number of piperidine rings is 1. The molecule has 5 saturated heterocycles. The topological polar surface area (TPSA) is 110 Å². The first-order valence-electron chi connectivity index (χ1n) is 16.6. The zero-order valence-corrected chi connectivity index (χ0v) is 27.7. The first-order valence-corrected chi connectivity index (χ1v) is 16.6. The van der Waals surface area contributed by atoms with Crippen LogP contribution in [0.15, 0.2) is 18.3 Å². The van der Waals surface area contributed by atoms with Crippen molar-refractivity contribution in [2.24, 2.45) is 5.41 Å². The van der Waals surface area contributed by atoms with Crippen molar-refractivity contribution in [2.75, 3.05) is 80.3 Å². The molecule has 1 unspecified atom stereocenters. The Morgan fingerprint density at radius 2 is 1.65 bits per heavy atom. The van der Waals surface area contributed by atoms with Crippen LogP contribution < -0.4 is 20.0 Å². The predicted molar refractivity (Wildman–Crippen MR) is 169 cm³/mol. The van der Waals surface area contributed by atoms with Crippen molar-refractivity contribution in [1.82, 2.24) is 25.2 Å². The van der Waals surface area contributed by atoms with E-state index in [0.29, 0.717) is 36.2 Å². The Morgan fingerprint density at radius 1 is 1.02 bits per heavy atom. The molecule has 5 fully saturated rings. The number of anilines is 3. The third kappa shape index (κ3) is 7.24. The number of nitrogens with one attached hydrogen (secondary N) is 1. The Balaban J connectivity index is 0.000000540. The number of carboxylic acids is 1. The SMILES string of the molecule is Cc1ccnc(N2CC3(COC3)C2)c1[C@H]1CCN(c2cc(N3CC(N4CCNCC4)[C@H]3C)nc(C(F)(F)F)n2)[C@H](C)C1.O=C(O)C(F)(F)F. The molecule has 49 heavy (non-hydrogen) atoms. The Labute approximate surface area is 280 Å². The van der Waals surface area contributed by atoms with E-state index in [1.165, 1.54) is 11.1 Å². The second kappa shape index (κ2) is 13.4. The number of carbonyl (C=O) groups is 1. The number of alkyl halides is 6. The summed E-state index contributed by atoms with van der Waals surface area (Å²) < 4.78 is 79.3. The molecule has 0 aromatic carbocycles. The van der Waals surface area contributed by atoms with Gasteiger partial charge in [0.1, 0.15) is 17.5 Å². The van der Waals surface area contributed by atoms with Gasteiger partial charge in [0.2, 0.25) is 5.82 Å². The summed E-state index contributed by atoms with van der Waals surface area (Å²) in [5, 5.41) is 10.5. The Kier molecular flexibility index (Phi) is 9.65. The predicted octanol–water partition coefficient (Wildman–Crippen LogP) is 3.92. The van der Waals surface area contributed by atoms with E-state index < -0.39 is 24.1 Å². The van der Waals surface area contributed by atoms with Crippen molar-refractivity contribution >= 4 is 23.4 Å². The second-order valence-electron chi connectivity index (χ2n) is 13.9. The molecule has 2 aromatic heterocycles. The Morgan fingerprint density at radius 3 is 2.18 bits per heavy atom. The number of pyridine rings is 1. The number of hydrogen-bond donors (Lipinski definition) is 2. The lowest BCUT2D eigenvalue weighted by molar-refractivity contribution is -0.192. The molecule has 2 N–H and O–H groups in total. The molecule has 2 aromatic rings. The minimum atomic E-state index is -5.08. The minimum absolute atomic E-state index is 0.0187. The summed E-state index contributed by atoms with van der Waals surface area (Å²) in [6.45, 7) is 15.1. The van der Waals surface area contributed by atoms with Gasteiger partial charge in [-0.1, -0.05) is 0 Å². The molecule has 270 valence electrons. The van der Waals surface area contributed by atoms with Gasteiger partial charge in [0, 0.05) is 88.3 Å². The molecule has 7 rings (SSSR count). The highest BCUT2D eigenvalue weighted by molar-refractivity contribution is 5.73. The van der Waals surface area contributed by atoms with Gasteiger partial charge in [-0.3, -0.25) is 4.90 Å². The van der Waals surface area contributed by atoms with E-state index in [1.54, 1.807) is 6.07 Å². The van der Waals surface area contributed by atoms with Crippen molar-refractivity contribution in [3.63, 3.8) is 0 Å². The highest BCUT2D eigenvalue weighted by Gasteiger charge is 2.50. The lowest BCUT2D eigenvalue weighted by atomic mass is 9.77. The second-order valence-corrected chi connectivity index (χ2v) is 13.9. The summed E-state index contributed by atoms with van der Waals surface area (Å²) in [5.41, 5.74) is 2.80. The van der Waals surface area contributed by atoms with Crippen LogP contribution in [0.3, 0.4) is 0 Å². The number of ether oxygens (including phenoxy) is 1. The Bertz CT molecular complexity index is 1510. The fourth-order valence-corrected chi connectivity index (χ4v) is 7.74. The van der Waals surface area contributed by atoms with Crippen LogP contribution >= 0.6 is 0 Å². The van der Waals surface area contributed by atoms with Crippen molar-refractivity contribution in [1.29, 1.82) is 0 Å². The van der Waals surface area contributed by atoms with E-state index in [9.17, 15) is 26.3 Å². The van der Waals surface area contributed by atoms with Gasteiger partial charge in [-0.15, -0.1) is 0 Å². The van der Waals surface area contributed by atoms with Gasteiger partial charge >= 0.3 is 18.3 Å². The summed E-state index contributed by atoms with van der Waals surface area (Å²) in [5.74, 6) is -1.72. The molecule has 7 heterocycles. The fourth-order valence-electron chi connectivity index (χ4n) is 7.74. The molecule has 0 bridgehead atoms. The number of nitrogens with zero attached hydrogens (tertiary/aromatic N) is 7. The van der Waals surface area contributed by atoms with Gasteiger partial charge in [-0.05, 0) is 51.2 Å². The summed E-state index contributed by atoms with van der Waals surface area (Å²) in [7, 11) is 0. The lowest BCUT2D eigenvalue weighted by Crippen LogP contribution is -2.68. The number of halogens is 6. The summed E-state index contributed by atoms with van der Waals surface area (Å²) in [6, 6.07) is 4.29. The molecule has 17 heteroatoms. The summed E-state index contributed by atoms with van der Waals surface area (Å²) in [4.78, 5) is 30.7. The highest BCUT2D eigenvalue weighted by Crippen LogP contribution is 2.45. The molecular formula is C32H42F6N8O3. The van der Waals surface area contributed by atoms with Crippen LogP contribution in [-0.2, 0) is 15.7 Å². The average molecular weight is 701 g/mol. The third-order valence-corrected chi connectivity index (χ3v) is 10.5. The molecule has 5 aliphatic rings. The van der Waals surface area contributed by atoms with E-state index in [1.807, 2.05) is 16.0 Å². The summed E-state index contributed by atoms with van der Waals surface area (Å²) in [6.07, 6.45) is -6.15. The van der Waals surface area contributed by atoms with Gasteiger partial charge in [0.05, 0.1) is 18.6 Å². The van der Waals surface area contributed by atoms with E-state index >= 15 is 0 Å². The molecule has 5 aliphatic heterocycles. The number of piperazine rings is 1. The normalized spacial score (nSPS) is 27.1. The number of hydrogen-bond acceptors (Lipinski definition) is 10. The molecular weight excluding hydrogens is 658 g/mol. The van der Waals surface area contributed by atoms with Gasteiger partial charge in [0.15, 0.2) is 0 Å². The molecule has 11 nitrogen and oxygen atoms in total. The fraction of sp³-hybridized carbons (Fsp3) is 0.688. The molecule has 1 spiro atoms. The van der Waals surface area contributed by atoms with Crippen molar-refractivity contribution < 1.29 is 41.0 Å². The maximum absolute atomic E-state index is 14.0. The van der Waals surface area contributed by atoms with Gasteiger partial charge < -0.3 is 29.9 Å². The standard InChI is InChI=1S/C30H41F3N8O.C2HF3O2/c1-19-4-6-35-27(39-15-29(16-39)17-42-18-29)26(19)22-5-9-40(20(2)12-22)24-13-25(37-28(36-24)30(31,32)33)41-14-23(21(41)3)38-10-7-34-8-11-38;3-2(4,5)1(6)7/h4,6,13,20-23,34H,5,7-12,14-18H2,1-3H3;(H,6,7)/t20-,21-,22+,23?;/m1./s1. The van der Waals surface area contributed by atoms with Gasteiger partial charge in [-0.25, -0.2) is 19.7 Å². The zero-order valence-electron chi connectivity index (χ0n) is 27.7. The van der Waals surface area contributed by atoms with Gasteiger partial charge in [-0.2, -0.15) is 26.3 Å². The van der Waals surface area contributed by atoms with Crippen LogP contribution in [0.2, 0.25) is 0 Å². The molecule has 4 atom stereocenters. The first kappa shape index (κ1) is 35.4. The zero-order chi connectivity index (χ0) is 35.3. The maximum Gasteiger partial charge on any atom is 0.490 e. The maximum atomic E-state index is 14.0. The molecule has 0 aliphatic carbocycles. The number of rotatable bonds is 5. The van der Waals surface area contributed by atoms with Crippen LogP contribution in [0.1, 0.15) is 49.6 Å². The van der Waals surface area contributed by atoms with Crippen molar-refractivity contribution in [3.05, 3.63) is 35.3 Å². The molecule has 0 saturated carbocycles. The highest BCUT2D eigenvalue weighted by atomic mass is 19.4. The van der Waals surface area contributed by atoms with Crippen molar-refractivity contribution in [3.8, 4) is 0 Å². The molecule has 0 radical (unpaired) electrons. The summed E-state index contributed by atoms with van der Waals surface area (Å²) >= 11 is 0. The quantitative estimate of drug-likeness (QED) is 0.443. The number of aromatic nitrogens is 3.